The number of nitrogens with zero attached hydrogens (tertiary/aromatic N) is 1. The zero-order valence-corrected chi connectivity index (χ0v) is 18.2. The van der Waals surface area contributed by atoms with Crippen molar-refractivity contribution < 1.29 is 9.63 Å². The molecule has 0 aliphatic rings. The molecule has 0 rings (SSSR count). The lowest BCUT2D eigenvalue weighted by atomic mass is 9.95. The Kier molecular flexibility index (Phi) is 15.8. The molecule has 26 heavy (non-hydrogen) atoms. The highest BCUT2D eigenvalue weighted by Crippen LogP contribution is 2.23. The maximum absolute atomic E-state index is 11.4. The predicted molar refractivity (Wildman–Crippen MR) is 113 cm³/mol. The summed E-state index contributed by atoms with van der Waals surface area (Å²) in [5.74, 6) is -0.370. The highest BCUT2D eigenvalue weighted by molar-refractivity contribution is 5.80. The molecule has 0 aliphatic carbocycles. The van der Waals surface area contributed by atoms with E-state index in [9.17, 15) is 4.79 Å². The Labute approximate surface area is 163 Å². The van der Waals surface area contributed by atoms with Crippen LogP contribution in [0.15, 0.2) is 12.7 Å². The summed E-state index contributed by atoms with van der Waals surface area (Å²) >= 11 is 0. The standard InChI is InChI=1S/C23H45NO2/c1-6-9-10-11-12-13-14-15-16-17-18-19-20-21-23(4,5)24(8-3)26-22(25)7-2/h7H,2,6,8-21H2,1,3-5H3. The summed E-state index contributed by atoms with van der Waals surface area (Å²) in [5, 5.41) is 1.79. The van der Waals surface area contributed by atoms with Crippen molar-refractivity contribution in [3.63, 3.8) is 0 Å². The van der Waals surface area contributed by atoms with Crippen molar-refractivity contribution in [3.05, 3.63) is 12.7 Å². The molecule has 0 saturated carbocycles. The number of carbonyl (C=O) groups is 1. The quantitative estimate of drug-likeness (QED) is 0.146. The summed E-state index contributed by atoms with van der Waals surface area (Å²) in [6.07, 6.45) is 20.1. The molecule has 0 fully saturated rings. The fourth-order valence-electron chi connectivity index (χ4n) is 3.46. The monoisotopic (exact) mass is 367 g/mol. The Bertz CT molecular complexity index is 352. The van der Waals surface area contributed by atoms with Crippen LogP contribution in [0.5, 0.6) is 0 Å². The Morgan fingerprint density at radius 1 is 0.846 bits per heavy atom. The minimum absolute atomic E-state index is 0.120. The van der Waals surface area contributed by atoms with E-state index in [1.54, 1.807) is 5.06 Å². The Morgan fingerprint density at radius 2 is 1.27 bits per heavy atom. The second kappa shape index (κ2) is 16.4. The molecule has 0 radical (unpaired) electrons. The largest absolute Gasteiger partial charge is 0.364 e. The van der Waals surface area contributed by atoms with E-state index >= 15 is 0 Å². The van der Waals surface area contributed by atoms with E-state index in [1.807, 2.05) is 6.92 Å². The molecule has 0 N–H and O–H groups in total. The Morgan fingerprint density at radius 3 is 1.65 bits per heavy atom. The van der Waals surface area contributed by atoms with Gasteiger partial charge in [0.1, 0.15) is 0 Å². The van der Waals surface area contributed by atoms with E-state index in [-0.39, 0.29) is 11.5 Å². The minimum atomic E-state index is -0.370. The van der Waals surface area contributed by atoms with Gasteiger partial charge in [0.15, 0.2) is 0 Å². The SMILES string of the molecule is C=CC(=O)ON(CC)C(C)(C)CCCCCCCCCCCCCCC. The van der Waals surface area contributed by atoms with Gasteiger partial charge in [0.25, 0.3) is 0 Å². The number of hydrogen-bond acceptors (Lipinski definition) is 3. The minimum Gasteiger partial charge on any atom is -0.364 e. The normalized spacial score (nSPS) is 11.7. The average Bonchev–Trinajstić information content (AvgIpc) is 2.63. The fraction of sp³-hybridized carbons (Fsp3) is 0.870. The lowest BCUT2D eigenvalue weighted by molar-refractivity contribution is -0.211. The fourth-order valence-corrected chi connectivity index (χ4v) is 3.46. The first kappa shape index (κ1) is 25.2. The molecule has 0 aliphatic heterocycles. The van der Waals surface area contributed by atoms with Gasteiger partial charge >= 0.3 is 5.97 Å². The van der Waals surface area contributed by atoms with Crippen molar-refractivity contribution in [3.8, 4) is 0 Å². The van der Waals surface area contributed by atoms with E-state index in [0.29, 0.717) is 6.54 Å². The topological polar surface area (TPSA) is 29.5 Å². The van der Waals surface area contributed by atoms with E-state index < -0.39 is 0 Å². The van der Waals surface area contributed by atoms with Gasteiger partial charge in [-0.2, -0.15) is 0 Å². The van der Waals surface area contributed by atoms with Crippen LogP contribution in [0.1, 0.15) is 118 Å². The summed E-state index contributed by atoms with van der Waals surface area (Å²) in [6, 6.07) is 0. The van der Waals surface area contributed by atoms with Gasteiger partial charge in [-0.05, 0) is 27.2 Å². The van der Waals surface area contributed by atoms with Gasteiger partial charge in [0.05, 0.1) is 5.54 Å². The van der Waals surface area contributed by atoms with Gasteiger partial charge in [-0.1, -0.05) is 97.0 Å². The average molecular weight is 368 g/mol. The van der Waals surface area contributed by atoms with Crippen LogP contribution in [0, 0.1) is 0 Å². The number of carbonyl (C=O) groups excluding carboxylic acids is 1. The Hall–Kier alpha value is -0.830. The molecule has 3 nitrogen and oxygen atoms in total. The van der Waals surface area contributed by atoms with Crippen molar-refractivity contribution in [1.82, 2.24) is 5.06 Å². The van der Waals surface area contributed by atoms with Crippen LogP contribution in [0.3, 0.4) is 0 Å². The first-order valence-electron chi connectivity index (χ1n) is 11.1. The number of unbranched alkanes of at least 4 members (excludes halogenated alkanes) is 12. The summed E-state index contributed by atoms with van der Waals surface area (Å²) in [4.78, 5) is 16.8. The second-order valence-electron chi connectivity index (χ2n) is 8.11. The van der Waals surface area contributed by atoms with Crippen LogP contribution in [0.4, 0.5) is 0 Å². The second-order valence-corrected chi connectivity index (χ2v) is 8.11. The number of rotatable bonds is 18. The van der Waals surface area contributed by atoms with Crippen molar-refractivity contribution in [1.29, 1.82) is 0 Å². The van der Waals surface area contributed by atoms with Crippen molar-refractivity contribution in [2.24, 2.45) is 0 Å². The summed E-state index contributed by atoms with van der Waals surface area (Å²) in [5.41, 5.74) is -0.120. The summed E-state index contributed by atoms with van der Waals surface area (Å²) in [7, 11) is 0. The Balaban J connectivity index is 3.60. The zero-order chi connectivity index (χ0) is 19.7. The first-order valence-corrected chi connectivity index (χ1v) is 11.1. The molecule has 0 aromatic heterocycles. The smallest absolute Gasteiger partial charge is 0.349 e. The van der Waals surface area contributed by atoms with Crippen LogP contribution in [-0.4, -0.2) is 23.1 Å². The highest BCUT2D eigenvalue weighted by Gasteiger charge is 2.27. The molecule has 0 unspecified atom stereocenters. The number of hydrogen-bond donors (Lipinski definition) is 0. The summed E-state index contributed by atoms with van der Waals surface area (Å²) < 4.78 is 0. The van der Waals surface area contributed by atoms with Gasteiger partial charge in [0.2, 0.25) is 0 Å². The molecular formula is C23H45NO2. The highest BCUT2D eigenvalue weighted by atomic mass is 16.7. The molecule has 0 spiro atoms. The van der Waals surface area contributed by atoms with Crippen molar-refractivity contribution >= 4 is 5.97 Å². The summed E-state index contributed by atoms with van der Waals surface area (Å²) in [6.45, 7) is 12.8. The third-order valence-electron chi connectivity index (χ3n) is 5.22. The van der Waals surface area contributed by atoms with Gasteiger partial charge in [-0.25, -0.2) is 4.79 Å². The van der Waals surface area contributed by atoms with Crippen molar-refractivity contribution in [2.45, 2.75) is 123 Å². The first-order chi connectivity index (χ1) is 12.5. The third-order valence-corrected chi connectivity index (χ3v) is 5.22. The lowest BCUT2D eigenvalue weighted by Gasteiger charge is -2.35. The molecule has 0 aromatic rings. The number of hydroxylamine groups is 2. The molecule has 3 heteroatoms. The van der Waals surface area contributed by atoms with E-state index in [1.165, 1.54) is 89.5 Å². The molecular weight excluding hydrogens is 322 g/mol. The maximum Gasteiger partial charge on any atom is 0.349 e. The third kappa shape index (κ3) is 13.4. The molecule has 0 atom stereocenters. The predicted octanol–water partition coefficient (Wildman–Crippen LogP) is 7.21. The van der Waals surface area contributed by atoms with E-state index in [4.69, 9.17) is 4.84 Å². The molecule has 0 aromatic carbocycles. The van der Waals surface area contributed by atoms with Crippen LogP contribution in [0.25, 0.3) is 0 Å². The van der Waals surface area contributed by atoms with E-state index in [2.05, 4.69) is 27.4 Å². The molecule has 0 amide bonds. The van der Waals surface area contributed by atoms with Crippen LogP contribution >= 0.6 is 0 Å². The molecule has 154 valence electrons. The molecule has 0 saturated heterocycles. The van der Waals surface area contributed by atoms with Gasteiger partial charge < -0.3 is 4.84 Å². The van der Waals surface area contributed by atoms with Crippen molar-refractivity contribution in [2.75, 3.05) is 6.54 Å². The lowest BCUT2D eigenvalue weighted by Crippen LogP contribution is -2.44. The molecule has 0 heterocycles. The van der Waals surface area contributed by atoms with Crippen LogP contribution in [-0.2, 0) is 9.63 Å². The van der Waals surface area contributed by atoms with Gasteiger partial charge in [0, 0.05) is 12.6 Å². The van der Waals surface area contributed by atoms with Crippen LogP contribution in [0.2, 0.25) is 0 Å². The molecule has 0 bridgehead atoms. The van der Waals surface area contributed by atoms with Gasteiger partial charge in [-0.3, -0.25) is 0 Å². The van der Waals surface area contributed by atoms with Crippen LogP contribution < -0.4 is 0 Å². The zero-order valence-electron chi connectivity index (χ0n) is 18.2. The maximum atomic E-state index is 11.4. The van der Waals surface area contributed by atoms with E-state index in [0.717, 1.165) is 6.42 Å². The van der Waals surface area contributed by atoms with Gasteiger partial charge in [-0.15, -0.1) is 5.06 Å².